The quantitative estimate of drug-likeness (QED) is 0.666. The van der Waals surface area contributed by atoms with Gasteiger partial charge in [-0.05, 0) is 17.0 Å². The Morgan fingerprint density at radius 2 is 1.79 bits per heavy atom. The van der Waals surface area contributed by atoms with Crippen LogP contribution in [0.3, 0.4) is 0 Å². The van der Waals surface area contributed by atoms with Crippen molar-refractivity contribution in [2.24, 2.45) is 0 Å². The first-order valence-electron chi connectivity index (χ1n) is 4.39. The van der Waals surface area contributed by atoms with Gasteiger partial charge in [-0.3, -0.25) is 0 Å². The maximum Gasteiger partial charge on any atom is 0.0781 e. The van der Waals surface area contributed by atoms with Gasteiger partial charge in [0.15, 0.2) is 0 Å². The third kappa shape index (κ3) is 1.68. The van der Waals surface area contributed by atoms with Crippen LogP contribution in [0, 0.1) is 0 Å². The molecule has 2 heteroatoms. The molecule has 0 aliphatic rings. The van der Waals surface area contributed by atoms with Crippen molar-refractivity contribution in [1.82, 2.24) is 0 Å². The predicted molar refractivity (Wildman–Crippen MR) is 69.2 cm³/mol. The van der Waals surface area contributed by atoms with Crippen LogP contribution >= 0.6 is 24.0 Å². The van der Waals surface area contributed by atoms with Gasteiger partial charge in [0.25, 0.3) is 0 Å². The van der Waals surface area contributed by atoms with Gasteiger partial charge in [0.1, 0.15) is 0 Å². The van der Waals surface area contributed by atoms with E-state index in [4.69, 9.17) is 12.2 Å². The Labute approximate surface area is 93.3 Å². The standard InChI is InChI=1S/C12H10S2/c1-14-12(13)11-8-4-6-9-5-2-3-7-10(9)11/h2-8H,1H3. The molecule has 0 saturated heterocycles. The fraction of sp³-hybridized carbons (Fsp3) is 0.0833. The number of hydrogen-bond acceptors (Lipinski definition) is 2. The Morgan fingerprint density at radius 1 is 1.07 bits per heavy atom. The molecule has 0 heterocycles. The maximum absolute atomic E-state index is 5.31. The van der Waals surface area contributed by atoms with E-state index in [0.29, 0.717) is 0 Å². The van der Waals surface area contributed by atoms with Crippen molar-refractivity contribution in [3.8, 4) is 0 Å². The number of fused-ring (bicyclic) bond motifs is 1. The van der Waals surface area contributed by atoms with Gasteiger partial charge < -0.3 is 0 Å². The molecule has 0 radical (unpaired) electrons. The minimum Gasteiger partial charge on any atom is -0.117 e. The Kier molecular flexibility index (Phi) is 2.85. The molecule has 2 aromatic carbocycles. The highest BCUT2D eigenvalue weighted by molar-refractivity contribution is 8.23. The SMILES string of the molecule is CSC(=S)c1cccc2ccccc12. The van der Waals surface area contributed by atoms with Crippen LogP contribution in [0.1, 0.15) is 5.56 Å². The molecule has 0 aromatic heterocycles. The number of thioether (sulfide) groups is 1. The Morgan fingerprint density at radius 3 is 2.57 bits per heavy atom. The summed E-state index contributed by atoms with van der Waals surface area (Å²) in [6.45, 7) is 0. The monoisotopic (exact) mass is 218 g/mol. The molecule has 0 aliphatic heterocycles. The number of benzene rings is 2. The molecule has 0 nitrogen and oxygen atoms in total. The van der Waals surface area contributed by atoms with Crippen LogP contribution in [0.25, 0.3) is 10.8 Å². The van der Waals surface area contributed by atoms with Gasteiger partial charge in [-0.15, -0.1) is 11.8 Å². The maximum atomic E-state index is 5.31. The molecule has 0 atom stereocenters. The summed E-state index contributed by atoms with van der Waals surface area (Å²) in [6, 6.07) is 14.6. The van der Waals surface area contributed by atoms with Gasteiger partial charge in [0.05, 0.1) is 4.20 Å². The fourth-order valence-corrected chi connectivity index (χ4v) is 2.09. The Bertz CT molecular complexity index is 469. The molecular weight excluding hydrogens is 208 g/mol. The van der Waals surface area contributed by atoms with E-state index in [0.717, 1.165) is 4.20 Å². The summed E-state index contributed by atoms with van der Waals surface area (Å²) < 4.78 is 0.960. The summed E-state index contributed by atoms with van der Waals surface area (Å²) >= 11 is 6.94. The number of thiocarbonyl (C=S) groups is 1. The average Bonchev–Trinajstić information content (AvgIpc) is 2.27. The zero-order chi connectivity index (χ0) is 9.97. The zero-order valence-corrected chi connectivity index (χ0v) is 9.49. The van der Waals surface area contributed by atoms with Gasteiger partial charge in [-0.25, -0.2) is 0 Å². The summed E-state index contributed by atoms with van der Waals surface area (Å²) in [4.78, 5) is 0. The molecule has 0 fully saturated rings. The molecule has 70 valence electrons. The minimum atomic E-state index is 0.960. The van der Waals surface area contributed by atoms with Crippen LogP contribution in [0.5, 0.6) is 0 Å². The van der Waals surface area contributed by atoms with Gasteiger partial charge in [-0.1, -0.05) is 54.7 Å². The largest absolute Gasteiger partial charge is 0.117 e. The highest BCUT2D eigenvalue weighted by Crippen LogP contribution is 2.22. The van der Waals surface area contributed by atoms with Crippen LogP contribution < -0.4 is 0 Å². The molecule has 0 N–H and O–H groups in total. The van der Waals surface area contributed by atoms with Gasteiger partial charge in [-0.2, -0.15) is 0 Å². The van der Waals surface area contributed by atoms with E-state index in [1.165, 1.54) is 16.3 Å². The summed E-state index contributed by atoms with van der Waals surface area (Å²) in [5, 5.41) is 2.50. The lowest BCUT2D eigenvalue weighted by Gasteiger charge is -2.05. The van der Waals surface area contributed by atoms with Crippen molar-refractivity contribution in [2.45, 2.75) is 0 Å². The first-order valence-corrected chi connectivity index (χ1v) is 6.02. The van der Waals surface area contributed by atoms with E-state index in [-0.39, 0.29) is 0 Å². The third-order valence-corrected chi connectivity index (χ3v) is 3.51. The van der Waals surface area contributed by atoms with Crippen molar-refractivity contribution < 1.29 is 0 Å². The van der Waals surface area contributed by atoms with Crippen molar-refractivity contribution >= 4 is 38.9 Å². The number of hydrogen-bond donors (Lipinski definition) is 0. The molecule has 0 unspecified atom stereocenters. The van der Waals surface area contributed by atoms with Gasteiger partial charge >= 0.3 is 0 Å². The molecule has 2 aromatic rings. The van der Waals surface area contributed by atoms with E-state index >= 15 is 0 Å². The van der Waals surface area contributed by atoms with Crippen molar-refractivity contribution in [3.05, 3.63) is 48.0 Å². The molecule has 2 rings (SSSR count). The second-order valence-corrected chi connectivity index (χ2v) is 4.50. The molecule has 0 amide bonds. The van der Waals surface area contributed by atoms with E-state index in [2.05, 4.69) is 36.4 Å². The molecule has 0 saturated carbocycles. The normalized spacial score (nSPS) is 10.4. The first kappa shape index (κ1) is 9.69. The van der Waals surface area contributed by atoms with E-state index in [1.807, 2.05) is 12.3 Å². The van der Waals surface area contributed by atoms with Gasteiger partial charge in [0, 0.05) is 5.56 Å². The van der Waals surface area contributed by atoms with E-state index < -0.39 is 0 Å². The fourth-order valence-electron chi connectivity index (χ4n) is 1.51. The third-order valence-electron chi connectivity index (χ3n) is 2.19. The second-order valence-electron chi connectivity index (χ2n) is 3.02. The van der Waals surface area contributed by atoms with Crippen LogP contribution in [0.4, 0.5) is 0 Å². The highest BCUT2D eigenvalue weighted by Gasteiger charge is 2.03. The zero-order valence-electron chi connectivity index (χ0n) is 7.86. The lowest BCUT2D eigenvalue weighted by atomic mass is 10.1. The number of rotatable bonds is 1. The molecule has 0 spiro atoms. The first-order chi connectivity index (χ1) is 6.83. The summed E-state index contributed by atoms with van der Waals surface area (Å²) in [5.74, 6) is 0. The molecule has 0 bridgehead atoms. The van der Waals surface area contributed by atoms with Gasteiger partial charge in [0.2, 0.25) is 0 Å². The lowest BCUT2D eigenvalue weighted by Crippen LogP contribution is -1.91. The molecular formula is C12H10S2. The predicted octanol–water partition coefficient (Wildman–Crippen LogP) is 3.88. The Balaban J connectivity index is 2.71. The van der Waals surface area contributed by atoms with Crippen LogP contribution in [-0.2, 0) is 0 Å². The molecule has 0 aliphatic carbocycles. The lowest BCUT2D eigenvalue weighted by molar-refractivity contribution is 1.73. The second kappa shape index (κ2) is 4.11. The minimum absolute atomic E-state index is 0.960. The highest BCUT2D eigenvalue weighted by atomic mass is 32.2. The summed E-state index contributed by atoms with van der Waals surface area (Å²) in [5.41, 5.74) is 1.17. The summed E-state index contributed by atoms with van der Waals surface area (Å²) in [6.07, 6.45) is 2.02. The Hall–Kier alpha value is -0.860. The molecule has 14 heavy (non-hydrogen) atoms. The van der Waals surface area contributed by atoms with E-state index in [9.17, 15) is 0 Å². The van der Waals surface area contributed by atoms with Crippen molar-refractivity contribution in [2.75, 3.05) is 6.26 Å². The topological polar surface area (TPSA) is 0 Å². The van der Waals surface area contributed by atoms with Crippen LogP contribution in [0.15, 0.2) is 42.5 Å². The van der Waals surface area contributed by atoms with Crippen molar-refractivity contribution in [1.29, 1.82) is 0 Å². The smallest absolute Gasteiger partial charge is 0.0781 e. The van der Waals surface area contributed by atoms with Crippen molar-refractivity contribution in [3.63, 3.8) is 0 Å². The summed E-state index contributed by atoms with van der Waals surface area (Å²) in [7, 11) is 0. The van der Waals surface area contributed by atoms with E-state index in [1.54, 1.807) is 11.8 Å². The average molecular weight is 218 g/mol. The van der Waals surface area contributed by atoms with Crippen LogP contribution in [0.2, 0.25) is 0 Å². The van der Waals surface area contributed by atoms with Crippen LogP contribution in [-0.4, -0.2) is 10.5 Å².